The normalized spacial score (nSPS) is 11.3. The molecule has 0 fully saturated rings. The largest absolute Gasteiger partial charge is 0.464 e. The van der Waals surface area contributed by atoms with Crippen molar-refractivity contribution in [2.24, 2.45) is 0 Å². The van der Waals surface area contributed by atoms with Crippen molar-refractivity contribution < 1.29 is 28.3 Å². The lowest BCUT2D eigenvalue weighted by molar-refractivity contribution is -0.123. The van der Waals surface area contributed by atoms with Gasteiger partial charge in [0.05, 0.1) is 24.2 Å². The average molecular weight is 557 g/mol. The molecule has 1 aromatic heterocycles. The fourth-order valence-corrected chi connectivity index (χ4v) is 4.00. The number of hydrogen-bond acceptors (Lipinski definition) is 7. The van der Waals surface area contributed by atoms with Crippen LogP contribution in [0.2, 0.25) is 0 Å². The number of amides is 3. The van der Waals surface area contributed by atoms with E-state index in [-0.39, 0.29) is 31.4 Å². The minimum atomic E-state index is -0.904. The predicted octanol–water partition coefficient (Wildman–Crippen LogP) is 4.38. The molecule has 0 aliphatic carbocycles. The molecule has 212 valence electrons. The van der Waals surface area contributed by atoms with E-state index in [2.05, 4.69) is 16.0 Å². The van der Waals surface area contributed by atoms with Gasteiger partial charge in [-0.1, -0.05) is 42.5 Å². The Labute approximate surface area is 237 Å². The van der Waals surface area contributed by atoms with E-state index < -0.39 is 12.1 Å². The molecule has 3 amide bonds. The number of hydrogen-bond donors (Lipinski definition) is 4. The highest BCUT2D eigenvalue weighted by molar-refractivity contribution is 6.06. The van der Waals surface area contributed by atoms with E-state index in [0.717, 1.165) is 16.7 Å². The zero-order valence-electron chi connectivity index (χ0n) is 22.6. The van der Waals surface area contributed by atoms with Gasteiger partial charge in [-0.25, -0.2) is 4.79 Å². The molecular formula is C31H32N4O6. The van der Waals surface area contributed by atoms with Crippen molar-refractivity contribution in [1.82, 2.24) is 10.6 Å². The van der Waals surface area contributed by atoms with E-state index in [0.29, 0.717) is 29.3 Å². The van der Waals surface area contributed by atoms with Gasteiger partial charge in [0.15, 0.2) is 0 Å². The molecule has 41 heavy (non-hydrogen) atoms. The number of carbonyl (C=O) groups is 3. The molecule has 4 rings (SSSR count). The summed E-state index contributed by atoms with van der Waals surface area (Å²) in [5.41, 5.74) is 9.68. The molecular weight excluding hydrogens is 524 g/mol. The molecule has 0 unspecified atom stereocenters. The molecule has 3 aromatic carbocycles. The van der Waals surface area contributed by atoms with Gasteiger partial charge in [-0.2, -0.15) is 0 Å². The minimum absolute atomic E-state index is 0.0728. The molecule has 10 heteroatoms. The number of carbonyl (C=O) groups excluding carboxylic acids is 3. The molecule has 0 saturated carbocycles. The van der Waals surface area contributed by atoms with Gasteiger partial charge < -0.3 is 35.6 Å². The summed E-state index contributed by atoms with van der Waals surface area (Å²) in [7, 11) is 1.53. The van der Waals surface area contributed by atoms with Crippen LogP contribution in [0.15, 0.2) is 95.6 Å². The Hall–Kier alpha value is -5.09. The lowest BCUT2D eigenvalue weighted by atomic mass is 10.0. The molecule has 0 saturated heterocycles. The second kappa shape index (κ2) is 14.3. The second-order valence-electron chi connectivity index (χ2n) is 9.18. The van der Waals surface area contributed by atoms with Crippen LogP contribution < -0.4 is 21.7 Å². The topological polar surface area (TPSA) is 145 Å². The third kappa shape index (κ3) is 8.45. The van der Waals surface area contributed by atoms with Crippen LogP contribution >= 0.6 is 0 Å². The standard InChI is InChI=1S/C31H32N4O6/c1-39-17-15-33-30(37)27(35-31(38)41-20-22-6-3-2-4-7-22)18-21-9-11-23(12-10-21)29(36)34-26-19-24(13-14-25(26)32)28-8-5-16-40-28/h2-14,16,19,27H,15,17-18,20,32H2,1H3,(H,33,37)(H,34,36)(H,35,38)/t27-/m0/s1. The zero-order valence-corrected chi connectivity index (χ0v) is 22.6. The average Bonchev–Trinajstić information content (AvgIpc) is 3.53. The van der Waals surface area contributed by atoms with Crippen molar-refractivity contribution in [1.29, 1.82) is 0 Å². The van der Waals surface area contributed by atoms with Crippen molar-refractivity contribution in [3.8, 4) is 11.3 Å². The van der Waals surface area contributed by atoms with Gasteiger partial charge >= 0.3 is 6.09 Å². The highest BCUT2D eigenvalue weighted by Gasteiger charge is 2.22. The van der Waals surface area contributed by atoms with Crippen LogP contribution in [0, 0.1) is 0 Å². The number of methoxy groups -OCH3 is 1. The Morgan fingerprint density at radius 2 is 1.71 bits per heavy atom. The van der Waals surface area contributed by atoms with Gasteiger partial charge in [-0.15, -0.1) is 0 Å². The number of nitrogens with one attached hydrogen (secondary N) is 3. The maximum absolute atomic E-state index is 12.9. The Morgan fingerprint density at radius 1 is 0.927 bits per heavy atom. The first kappa shape index (κ1) is 28.9. The van der Waals surface area contributed by atoms with Crippen LogP contribution in [0.25, 0.3) is 11.3 Å². The summed E-state index contributed by atoms with van der Waals surface area (Å²) < 4.78 is 15.7. The molecule has 0 spiro atoms. The number of benzene rings is 3. The summed E-state index contributed by atoms with van der Waals surface area (Å²) >= 11 is 0. The summed E-state index contributed by atoms with van der Waals surface area (Å²) in [6.45, 7) is 0.690. The lowest BCUT2D eigenvalue weighted by Gasteiger charge is -2.19. The van der Waals surface area contributed by atoms with Crippen LogP contribution in [-0.4, -0.2) is 44.2 Å². The van der Waals surface area contributed by atoms with Gasteiger partial charge in [0.1, 0.15) is 18.4 Å². The third-order valence-corrected chi connectivity index (χ3v) is 6.19. The monoisotopic (exact) mass is 556 g/mol. The van der Waals surface area contributed by atoms with E-state index in [1.165, 1.54) is 7.11 Å². The minimum Gasteiger partial charge on any atom is -0.464 e. The maximum Gasteiger partial charge on any atom is 0.408 e. The number of rotatable bonds is 12. The van der Waals surface area contributed by atoms with Gasteiger partial charge in [0, 0.05) is 31.2 Å². The molecule has 0 bridgehead atoms. The predicted molar refractivity (Wildman–Crippen MR) is 155 cm³/mol. The van der Waals surface area contributed by atoms with Gasteiger partial charge in [-0.3, -0.25) is 9.59 Å². The van der Waals surface area contributed by atoms with Crippen molar-refractivity contribution in [3.05, 3.63) is 108 Å². The van der Waals surface area contributed by atoms with Gasteiger partial charge in [-0.05, 0) is 53.6 Å². The molecule has 4 aromatic rings. The van der Waals surface area contributed by atoms with Crippen LogP contribution in [0.4, 0.5) is 16.2 Å². The SMILES string of the molecule is COCCNC(=O)[C@H](Cc1ccc(C(=O)Nc2cc(-c3ccco3)ccc2N)cc1)NC(=O)OCc1ccccc1. The van der Waals surface area contributed by atoms with Crippen LogP contribution in [-0.2, 0) is 27.3 Å². The first-order chi connectivity index (χ1) is 19.9. The number of alkyl carbamates (subject to hydrolysis) is 1. The van der Waals surface area contributed by atoms with Crippen LogP contribution in [0.1, 0.15) is 21.5 Å². The molecule has 0 aliphatic rings. The maximum atomic E-state index is 12.9. The van der Waals surface area contributed by atoms with Crippen LogP contribution in [0.3, 0.4) is 0 Å². The van der Waals surface area contributed by atoms with E-state index in [1.54, 1.807) is 48.7 Å². The van der Waals surface area contributed by atoms with E-state index >= 15 is 0 Å². The summed E-state index contributed by atoms with van der Waals surface area (Å²) in [5.74, 6) is -0.0769. The second-order valence-corrected chi connectivity index (χ2v) is 9.18. The first-order valence-electron chi connectivity index (χ1n) is 13.0. The van der Waals surface area contributed by atoms with Crippen LogP contribution in [0.5, 0.6) is 0 Å². The highest BCUT2D eigenvalue weighted by atomic mass is 16.5. The van der Waals surface area contributed by atoms with Crippen molar-refractivity contribution in [3.63, 3.8) is 0 Å². The Morgan fingerprint density at radius 3 is 2.41 bits per heavy atom. The lowest BCUT2D eigenvalue weighted by Crippen LogP contribution is -2.48. The molecule has 1 atom stereocenters. The number of nitrogens with two attached hydrogens (primary N) is 1. The van der Waals surface area contributed by atoms with Crippen molar-refractivity contribution in [2.75, 3.05) is 31.3 Å². The smallest absolute Gasteiger partial charge is 0.408 e. The number of furan rings is 1. The molecule has 5 N–H and O–H groups in total. The first-order valence-corrected chi connectivity index (χ1v) is 13.0. The molecule has 0 aliphatic heterocycles. The molecule has 1 heterocycles. The summed E-state index contributed by atoms with van der Waals surface area (Å²) in [6, 6.07) is 23.9. The van der Waals surface area contributed by atoms with Crippen molar-refractivity contribution >= 4 is 29.3 Å². The van der Waals surface area contributed by atoms with Crippen molar-refractivity contribution in [2.45, 2.75) is 19.1 Å². The highest BCUT2D eigenvalue weighted by Crippen LogP contribution is 2.28. The van der Waals surface area contributed by atoms with Gasteiger partial charge in [0.2, 0.25) is 5.91 Å². The molecule has 0 radical (unpaired) electrons. The van der Waals surface area contributed by atoms with E-state index in [1.807, 2.05) is 42.5 Å². The fourth-order valence-electron chi connectivity index (χ4n) is 4.00. The van der Waals surface area contributed by atoms with Gasteiger partial charge in [0.25, 0.3) is 5.91 Å². The zero-order chi connectivity index (χ0) is 29.0. The van der Waals surface area contributed by atoms with E-state index in [9.17, 15) is 14.4 Å². The number of ether oxygens (including phenoxy) is 2. The third-order valence-electron chi connectivity index (χ3n) is 6.19. The van der Waals surface area contributed by atoms with E-state index in [4.69, 9.17) is 19.6 Å². The quantitative estimate of drug-likeness (QED) is 0.150. The molecule has 10 nitrogen and oxygen atoms in total. The summed E-state index contributed by atoms with van der Waals surface area (Å²) in [5, 5.41) is 8.22. The Bertz CT molecular complexity index is 1440. The number of anilines is 2. The summed E-state index contributed by atoms with van der Waals surface area (Å²) in [6.07, 6.45) is 1.04. The Kier molecular flexibility index (Phi) is 10.1. The fraction of sp³-hybridized carbons (Fsp3) is 0.194. The number of nitrogen functional groups attached to an aromatic ring is 1. The Balaban J connectivity index is 1.40. The summed E-state index contributed by atoms with van der Waals surface area (Å²) in [4.78, 5) is 38.3.